The van der Waals surface area contributed by atoms with Crippen molar-refractivity contribution in [3.63, 3.8) is 0 Å². The number of hydrogen-bond acceptors (Lipinski definition) is 5. The SMILES string of the molecule is O=C(Nc1ccn(CCO)n1)C(CC1CCCC1)N1CC(Oc2c(F)cccc2F)=CC1=O. The first-order valence-corrected chi connectivity index (χ1v) is 11.0. The highest BCUT2D eigenvalue weighted by atomic mass is 19.1. The molecule has 2 amide bonds. The van der Waals surface area contributed by atoms with E-state index in [1.165, 1.54) is 15.6 Å². The summed E-state index contributed by atoms with van der Waals surface area (Å²) in [5.41, 5.74) is 0. The molecule has 0 saturated heterocycles. The number of carbonyl (C=O) groups excluding carboxylic acids is 2. The highest BCUT2D eigenvalue weighted by Crippen LogP contribution is 2.32. The Morgan fingerprint density at radius 3 is 2.67 bits per heavy atom. The Bertz CT molecular complexity index is 1030. The molecule has 1 aliphatic heterocycles. The number of nitrogens with one attached hydrogen (secondary N) is 1. The molecule has 2 aliphatic rings. The molecule has 8 nitrogen and oxygen atoms in total. The van der Waals surface area contributed by atoms with Gasteiger partial charge >= 0.3 is 0 Å². The Kier molecular flexibility index (Phi) is 7.02. The lowest BCUT2D eigenvalue weighted by Crippen LogP contribution is -2.46. The van der Waals surface area contributed by atoms with Crippen molar-refractivity contribution in [2.75, 3.05) is 18.5 Å². The van der Waals surface area contributed by atoms with Crippen molar-refractivity contribution in [2.24, 2.45) is 5.92 Å². The smallest absolute Gasteiger partial charge is 0.251 e. The Labute approximate surface area is 189 Å². The minimum Gasteiger partial charge on any atom is -0.453 e. The van der Waals surface area contributed by atoms with Crippen LogP contribution in [0.2, 0.25) is 0 Å². The monoisotopic (exact) mass is 460 g/mol. The summed E-state index contributed by atoms with van der Waals surface area (Å²) in [6.07, 6.45) is 7.40. The third-order valence-corrected chi connectivity index (χ3v) is 5.98. The van der Waals surface area contributed by atoms with Crippen LogP contribution in [0.3, 0.4) is 0 Å². The molecule has 4 rings (SSSR count). The van der Waals surface area contributed by atoms with Crippen LogP contribution in [0.5, 0.6) is 5.75 Å². The summed E-state index contributed by atoms with van der Waals surface area (Å²) < 4.78 is 34.8. The van der Waals surface area contributed by atoms with Crippen LogP contribution < -0.4 is 10.1 Å². The first-order valence-electron chi connectivity index (χ1n) is 11.0. The summed E-state index contributed by atoms with van der Waals surface area (Å²) in [5.74, 6) is -2.49. The molecule has 1 fully saturated rings. The molecule has 1 saturated carbocycles. The van der Waals surface area contributed by atoms with E-state index in [-0.39, 0.29) is 18.9 Å². The summed E-state index contributed by atoms with van der Waals surface area (Å²) >= 11 is 0. The van der Waals surface area contributed by atoms with Crippen molar-refractivity contribution in [3.05, 3.63) is 53.9 Å². The maximum absolute atomic E-state index is 14.0. The van der Waals surface area contributed by atoms with E-state index in [9.17, 15) is 18.4 Å². The van der Waals surface area contributed by atoms with Crippen LogP contribution in [-0.4, -0.2) is 50.8 Å². The number of nitrogens with zero attached hydrogens (tertiary/aromatic N) is 3. The van der Waals surface area contributed by atoms with E-state index in [2.05, 4.69) is 10.4 Å². The van der Waals surface area contributed by atoms with Crippen LogP contribution in [0.1, 0.15) is 32.1 Å². The second kappa shape index (κ2) is 10.1. The highest BCUT2D eigenvalue weighted by molar-refractivity contribution is 5.99. The van der Waals surface area contributed by atoms with E-state index in [1.54, 1.807) is 12.3 Å². The zero-order chi connectivity index (χ0) is 23.4. The number of anilines is 1. The second-order valence-corrected chi connectivity index (χ2v) is 8.31. The fourth-order valence-electron chi connectivity index (χ4n) is 4.35. The first-order chi connectivity index (χ1) is 15.9. The zero-order valence-corrected chi connectivity index (χ0v) is 18.0. The normalized spacial score (nSPS) is 17.4. The number of para-hydroxylation sites is 1. The third kappa shape index (κ3) is 5.39. The predicted molar refractivity (Wildman–Crippen MR) is 115 cm³/mol. The van der Waals surface area contributed by atoms with Crippen molar-refractivity contribution in [1.29, 1.82) is 0 Å². The molecular weight excluding hydrogens is 434 g/mol. The lowest BCUT2D eigenvalue weighted by atomic mass is 9.96. The number of rotatable bonds is 9. The van der Waals surface area contributed by atoms with Crippen LogP contribution in [0.15, 0.2) is 42.3 Å². The van der Waals surface area contributed by atoms with Crippen molar-refractivity contribution in [1.82, 2.24) is 14.7 Å². The average Bonchev–Trinajstić information content (AvgIpc) is 3.52. The Morgan fingerprint density at radius 1 is 1.24 bits per heavy atom. The molecule has 0 bridgehead atoms. The van der Waals surface area contributed by atoms with Gasteiger partial charge in [-0.1, -0.05) is 31.7 Å². The third-order valence-electron chi connectivity index (χ3n) is 5.98. The molecule has 0 radical (unpaired) electrons. The van der Waals surface area contributed by atoms with Gasteiger partial charge in [0.25, 0.3) is 5.91 Å². The summed E-state index contributed by atoms with van der Waals surface area (Å²) in [5, 5.41) is 16.0. The topological polar surface area (TPSA) is 96.7 Å². The van der Waals surface area contributed by atoms with Gasteiger partial charge in [-0.3, -0.25) is 14.3 Å². The van der Waals surface area contributed by atoms with Crippen molar-refractivity contribution in [2.45, 2.75) is 44.7 Å². The average molecular weight is 460 g/mol. The Hall–Kier alpha value is -3.27. The molecule has 2 heterocycles. The van der Waals surface area contributed by atoms with Gasteiger partial charge in [0.2, 0.25) is 5.91 Å². The molecule has 1 aliphatic carbocycles. The maximum Gasteiger partial charge on any atom is 0.251 e. The van der Waals surface area contributed by atoms with Gasteiger partial charge in [0.05, 0.1) is 19.7 Å². The fraction of sp³-hybridized carbons (Fsp3) is 0.435. The van der Waals surface area contributed by atoms with Crippen LogP contribution in [0.4, 0.5) is 14.6 Å². The number of amides is 2. The standard InChI is InChI=1S/C23H26F2N4O4/c24-17-6-3-7-18(25)22(17)33-16-13-21(31)29(14-16)19(12-15-4-1-2-5-15)23(32)26-20-8-9-28(27-20)10-11-30/h3,6-9,13,15,19,30H,1-2,4-5,10-12,14H2,(H,26,27,32). The van der Waals surface area contributed by atoms with Crippen molar-refractivity contribution < 1.29 is 28.2 Å². The number of aliphatic hydroxyl groups is 1. The Balaban J connectivity index is 1.49. The zero-order valence-electron chi connectivity index (χ0n) is 18.0. The van der Waals surface area contributed by atoms with E-state index < -0.39 is 35.2 Å². The highest BCUT2D eigenvalue weighted by Gasteiger charge is 2.37. The van der Waals surface area contributed by atoms with Crippen LogP contribution in [0.25, 0.3) is 0 Å². The van der Waals surface area contributed by atoms with Crippen molar-refractivity contribution in [3.8, 4) is 5.75 Å². The van der Waals surface area contributed by atoms with Gasteiger partial charge in [-0.15, -0.1) is 0 Å². The molecular formula is C23H26F2N4O4. The van der Waals surface area contributed by atoms with Gasteiger partial charge in [0.15, 0.2) is 23.2 Å². The lowest BCUT2D eigenvalue weighted by molar-refractivity contribution is -0.134. The predicted octanol–water partition coefficient (Wildman–Crippen LogP) is 2.85. The summed E-state index contributed by atoms with van der Waals surface area (Å²) in [4.78, 5) is 27.3. The summed E-state index contributed by atoms with van der Waals surface area (Å²) in [7, 11) is 0. The quantitative estimate of drug-likeness (QED) is 0.600. The molecule has 10 heteroatoms. The first kappa shape index (κ1) is 22.9. The van der Waals surface area contributed by atoms with Gasteiger partial charge in [-0.2, -0.15) is 5.10 Å². The number of aliphatic hydroxyl groups excluding tert-OH is 1. The number of carbonyl (C=O) groups is 2. The number of ether oxygens (including phenoxy) is 1. The lowest BCUT2D eigenvalue weighted by Gasteiger charge is -2.29. The molecule has 2 aromatic rings. The minimum atomic E-state index is -0.875. The number of halogens is 2. The van der Waals surface area contributed by atoms with E-state index in [0.717, 1.165) is 43.9 Å². The summed E-state index contributed by atoms with van der Waals surface area (Å²) in [6, 6.07) is 4.19. The van der Waals surface area contributed by atoms with E-state index >= 15 is 0 Å². The molecule has 1 atom stereocenters. The molecule has 176 valence electrons. The van der Waals surface area contributed by atoms with E-state index in [1.807, 2.05) is 0 Å². The molecule has 1 aromatic carbocycles. The number of aromatic nitrogens is 2. The number of benzene rings is 1. The van der Waals surface area contributed by atoms with Gasteiger partial charge in [-0.25, -0.2) is 8.78 Å². The van der Waals surface area contributed by atoms with Gasteiger partial charge in [0, 0.05) is 18.3 Å². The van der Waals surface area contributed by atoms with Crippen LogP contribution in [0, 0.1) is 17.6 Å². The largest absolute Gasteiger partial charge is 0.453 e. The van der Waals surface area contributed by atoms with Gasteiger partial charge < -0.3 is 20.1 Å². The van der Waals surface area contributed by atoms with Gasteiger partial charge in [0.1, 0.15) is 11.8 Å². The molecule has 2 N–H and O–H groups in total. The maximum atomic E-state index is 14.0. The molecule has 1 unspecified atom stereocenters. The second-order valence-electron chi connectivity index (χ2n) is 8.31. The minimum absolute atomic E-state index is 0.0699. The van der Waals surface area contributed by atoms with Gasteiger partial charge in [-0.05, 0) is 24.5 Å². The molecule has 33 heavy (non-hydrogen) atoms. The molecule has 1 aromatic heterocycles. The Morgan fingerprint density at radius 2 is 1.97 bits per heavy atom. The van der Waals surface area contributed by atoms with Crippen LogP contribution in [-0.2, 0) is 16.1 Å². The number of hydrogen-bond donors (Lipinski definition) is 2. The van der Waals surface area contributed by atoms with Crippen LogP contribution >= 0.6 is 0 Å². The van der Waals surface area contributed by atoms with Crippen molar-refractivity contribution >= 4 is 17.6 Å². The molecule has 0 spiro atoms. The van der Waals surface area contributed by atoms with E-state index in [4.69, 9.17) is 9.84 Å². The fourth-order valence-corrected chi connectivity index (χ4v) is 4.35. The summed E-state index contributed by atoms with van der Waals surface area (Å²) in [6.45, 7) is 0.137. The van der Waals surface area contributed by atoms with E-state index in [0.29, 0.717) is 24.7 Å².